The number of sulfonamides is 1. The lowest BCUT2D eigenvalue weighted by molar-refractivity contribution is 0.0827. The summed E-state index contributed by atoms with van der Waals surface area (Å²) in [4.78, 5) is 13.4. The standard InChI is InChI=1S/C17H19ClN2O3S/c1-19(2)17(21)13-8-10-15(11-9-13)20(24(3,22)23)12-14-6-4-5-7-16(14)18/h4-11H,12H2,1-3H3. The molecule has 0 aromatic heterocycles. The van der Waals surface area contributed by atoms with Crippen LogP contribution in [0.5, 0.6) is 0 Å². The van der Waals surface area contributed by atoms with Crippen LogP contribution in [0.2, 0.25) is 5.02 Å². The molecular weight excluding hydrogens is 348 g/mol. The molecule has 0 fully saturated rings. The fourth-order valence-electron chi connectivity index (χ4n) is 2.21. The molecule has 7 heteroatoms. The van der Waals surface area contributed by atoms with Gasteiger partial charge in [-0.25, -0.2) is 8.42 Å². The third kappa shape index (κ3) is 4.27. The van der Waals surface area contributed by atoms with E-state index in [0.717, 1.165) is 6.26 Å². The first-order valence-corrected chi connectivity index (χ1v) is 9.45. The van der Waals surface area contributed by atoms with Crippen molar-refractivity contribution in [2.45, 2.75) is 6.54 Å². The fourth-order valence-corrected chi connectivity index (χ4v) is 3.28. The molecule has 2 aromatic carbocycles. The third-order valence-electron chi connectivity index (χ3n) is 3.48. The Hall–Kier alpha value is -2.05. The predicted molar refractivity (Wildman–Crippen MR) is 96.9 cm³/mol. The van der Waals surface area contributed by atoms with E-state index < -0.39 is 10.0 Å². The van der Waals surface area contributed by atoms with Gasteiger partial charge in [0.25, 0.3) is 5.91 Å². The van der Waals surface area contributed by atoms with Crippen LogP contribution in [0.25, 0.3) is 0 Å². The van der Waals surface area contributed by atoms with E-state index in [1.165, 1.54) is 9.21 Å². The molecule has 2 rings (SSSR count). The van der Waals surface area contributed by atoms with Gasteiger partial charge in [-0.1, -0.05) is 29.8 Å². The number of hydrogen-bond donors (Lipinski definition) is 0. The zero-order valence-electron chi connectivity index (χ0n) is 13.7. The van der Waals surface area contributed by atoms with Crippen molar-refractivity contribution in [1.29, 1.82) is 0 Å². The summed E-state index contributed by atoms with van der Waals surface area (Å²) in [7, 11) is -0.177. The van der Waals surface area contributed by atoms with Crippen LogP contribution in [0.1, 0.15) is 15.9 Å². The molecule has 0 aliphatic rings. The van der Waals surface area contributed by atoms with Gasteiger partial charge < -0.3 is 4.90 Å². The van der Waals surface area contributed by atoms with Crippen LogP contribution in [0.3, 0.4) is 0 Å². The summed E-state index contributed by atoms with van der Waals surface area (Å²) in [6.45, 7) is 0.124. The number of rotatable bonds is 5. The Labute approximate surface area is 147 Å². The highest BCUT2D eigenvalue weighted by molar-refractivity contribution is 7.92. The summed E-state index contributed by atoms with van der Waals surface area (Å²) < 4.78 is 25.6. The van der Waals surface area contributed by atoms with Gasteiger partial charge in [0, 0.05) is 24.7 Å². The molecule has 5 nitrogen and oxygen atoms in total. The van der Waals surface area contributed by atoms with Crippen molar-refractivity contribution in [2.75, 3.05) is 24.7 Å². The molecule has 2 aromatic rings. The Morgan fingerprint density at radius 3 is 2.12 bits per heavy atom. The highest BCUT2D eigenvalue weighted by atomic mass is 35.5. The monoisotopic (exact) mass is 366 g/mol. The minimum atomic E-state index is -3.50. The molecule has 0 unspecified atom stereocenters. The average molecular weight is 367 g/mol. The average Bonchev–Trinajstić information content (AvgIpc) is 2.52. The van der Waals surface area contributed by atoms with Gasteiger partial charge in [-0.05, 0) is 35.9 Å². The molecule has 0 atom stereocenters. The van der Waals surface area contributed by atoms with Gasteiger partial charge in [0.1, 0.15) is 0 Å². The van der Waals surface area contributed by atoms with Crippen molar-refractivity contribution >= 4 is 33.2 Å². The van der Waals surface area contributed by atoms with E-state index in [9.17, 15) is 13.2 Å². The van der Waals surface area contributed by atoms with E-state index in [1.54, 1.807) is 62.6 Å². The number of hydrogen-bond acceptors (Lipinski definition) is 3. The molecule has 0 N–H and O–H groups in total. The van der Waals surface area contributed by atoms with Crippen LogP contribution >= 0.6 is 11.6 Å². The fraction of sp³-hybridized carbons (Fsp3) is 0.235. The molecule has 0 aliphatic carbocycles. The van der Waals surface area contributed by atoms with E-state index in [2.05, 4.69) is 0 Å². The van der Waals surface area contributed by atoms with E-state index in [0.29, 0.717) is 21.8 Å². The first-order chi connectivity index (χ1) is 11.2. The van der Waals surface area contributed by atoms with Crippen LogP contribution in [0.4, 0.5) is 5.69 Å². The van der Waals surface area contributed by atoms with Crippen molar-refractivity contribution in [3.8, 4) is 0 Å². The van der Waals surface area contributed by atoms with Crippen molar-refractivity contribution in [1.82, 2.24) is 4.90 Å². The summed E-state index contributed by atoms with van der Waals surface area (Å²) >= 11 is 6.14. The highest BCUT2D eigenvalue weighted by Gasteiger charge is 2.19. The second kappa shape index (κ2) is 7.23. The summed E-state index contributed by atoms with van der Waals surface area (Å²) in [5.74, 6) is -0.140. The van der Waals surface area contributed by atoms with Crippen LogP contribution in [-0.4, -0.2) is 39.6 Å². The highest BCUT2D eigenvalue weighted by Crippen LogP contribution is 2.24. The lowest BCUT2D eigenvalue weighted by atomic mass is 10.1. The minimum Gasteiger partial charge on any atom is -0.345 e. The molecular formula is C17H19ClN2O3S. The lowest BCUT2D eigenvalue weighted by Crippen LogP contribution is -2.29. The quantitative estimate of drug-likeness (QED) is 0.817. The molecule has 1 amide bonds. The van der Waals surface area contributed by atoms with Gasteiger partial charge in [0.05, 0.1) is 18.5 Å². The van der Waals surface area contributed by atoms with E-state index in [4.69, 9.17) is 11.6 Å². The summed E-state index contributed by atoms with van der Waals surface area (Å²) in [5, 5.41) is 0.505. The smallest absolute Gasteiger partial charge is 0.253 e. The van der Waals surface area contributed by atoms with Gasteiger partial charge in [0.2, 0.25) is 10.0 Å². The van der Waals surface area contributed by atoms with E-state index in [1.807, 2.05) is 0 Å². The van der Waals surface area contributed by atoms with E-state index in [-0.39, 0.29) is 12.5 Å². The van der Waals surface area contributed by atoms with Crippen molar-refractivity contribution in [2.24, 2.45) is 0 Å². The Balaban J connectivity index is 2.36. The Kier molecular flexibility index (Phi) is 5.51. The minimum absolute atomic E-state index is 0.124. The van der Waals surface area contributed by atoms with Crippen molar-refractivity contribution in [3.63, 3.8) is 0 Å². The zero-order chi connectivity index (χ0) is 17.9. The first-order valence-electron chi connectivity index (χ1n) is 7.23. The molecule has 0 aliphatic heterocycles. The topological polar surface area (TPSA) is 57.7 Å². The zero-order valence-corrected chi connectivity index (χ0v) is 15.3. The number of anilines is 1. The maximum atomic E-state index is 12.2. The third-order valence-corrected chi connectivity index (χ3v) is 4.99. The molecule has 0 radical (unpaired) electrons. The Bertz CT molecular complexity index is 833. The molecule has 0 heterocycles. The van der Waals surface area contributed by atoms with Gasteiger partial charge >= 0.3 is 0 Å². The predicted octanol–water partition coefficient (Wildman–Crippen LogP) is 3.01. The Morgan fingerprint density at radius 2 is 1.62 bits per heavy atom. The maximum Gasteiger partial charge on any atom is 0.253 e. The van der Waals surface area contributed by atoms with Gasteiger partial charge in [-0.3, -0.25) is 9.10 Å². The maximum absolute atomic E-state index is 12.2. The Morgan fingerprint density at radius 1 is 1.04 bits per heavy atom. The number of amides is 1. The molecule has 24 heavy (non-hydrogen) atoms. The molecule has 0 bridgehead atoms. The molecule has 0 saturated carbocycles. The van der Waals surface area contributed by atoms with Crippen LogP contribution in [0, 0.1) is 0 Å². The second-order valence-electron chi connectivity index (χ2n) is 5.61. The summed E-state index contributed by atoms with van der Waals surface area (Å²) in [6.07, 6.45) is 1.14. The van der Waals surface area contributed by atoms with Gasteiger partial charge in [-0.2, -0.15) is 0 Å². The van der Waals surface area contributed by atoms with Crippen LogP contribution in [0.15, 0.2) is 48.5 Å². The van der Waals surface area contributed by atoms with Crippen molar-refractivity contribution < 1.29 is 13.2 Å². The van der Waals surface area contributed by atoms with Crippen molar-refractivity contribution in [3.05, 3.63) is 64.7 Å². The number of benzene rings is 2. The molecule has 0 saturated heterocycles. The normalized spacial score (nSPS) is 11.2. The molecule has 0 spiro atoms. The van der Waals surface area contributed by atoms with Gasteiger partial charge in [0.15, 0.2) is 0 Å². The SMILES string of the molecule is CN(C)C(=O)c1ccc(N(Cc2ccccc2Cl)S(C)(=O)=O)cc1. The second-order valence-corrected chi connectivity index (χ2v) is 7.92. The lowest BCUT2D eigenvalue weighted by Gasteiger charge is -2.23. The largest absolute Gasteiger partial charge is 0.345 e. The number of carbonyl (C=O) groups excluding carboxylic acids is 1. The number of carbonyl (C=O) groups is 1. The van der Waals surface area contributed by atoms with Gasteiger partial charge in [-0.15, -0.1) is 0 Å². The van der Waals surface area contributed by atoms with E-state index >= 15 is 0 Å². The van der Waals surface area contributed by atoms with Crippen LogP contribution in [-0.2, 0) is 16.6 Å². The number of nitrogens with zero attached hydrogens (tertiary/aromatic N) is 2. The first kappa shape index (κ1) is 18.3. The van der Waals surface area contributed by atoms with Crippen LogP contribution < -0.4 is 4.31 Å². The molecule has 128 valence electrons. The number of halogens is 1. The summed E-state index contributed by atoms with van der Waals surface area (Å²) in [6, 6.07) is 13.6. The summed E-state index contributed by atoms with van der Waals surface area (Å²) in [5.41, 5.74) is 1.68.